The number of benzene rings is 3. The maximum Gasteiger partial charge on any atom is 0.233 e. The lowest BCUT2D eigenvalue weighted by atomic mass is 10.0. The molecular weight excluding hydrogens is 404 g/mol. The van der Waals surface area contributed by atoms with Gasteiger partial charge >= 0.3 is 0 Å². The fraction of sp³-hybridized carbons (Fsp3) is 0.154. The van der Waals surface area contributed by atoms with E-state index < -0.39 is 0 Å². The Kier molecular flexibility index (Phi) is 5.04. The minimum Gasteiger partial charge on any atom is -0.467 e. The molecule has 1 amide bonds. The van der Waals surface area contributed by atoms with Gasteiger partial charge in [-0.1, -0.05) is 59.9 Å². The van der Waals surface area contributed by atoms with E-state index >= 15 is 0 Å². The van der Waals surface area contributed by atoms with Gasteiger partial charge in [0.1, 0.15) is 5.76 Å². The fourth-order valence-electron chi connectivity index (χ4n) is 4.01. The van der Waals surface area contributed by atoms with E-state index in [4.69, 9.17) is 9.40 Å². The molecule has 3 aromatic carbocycles. The second kappa shape index (κ2) is 8.00. The number of furan rings is 1. The van der Waals surface area contributed by atoms with Gasteiger partial charge in [0.2, 0.25) is 5.91 Å². The molecular formula is C26H22N2O2S. The van der Waals surface area contributed by atoms with Crippen LogP contribution in [0.2, 0.25) is 0 Å². The Balaban J connectivity index is 1.54. The molecule has 5 aromatic rings. The first-order valence-electron chi connectivity index (χ1n) is 10.3. The minimum absolute atomic E-state index is 0.00110. The molecule has 154 valence electrons. The van der Waals surface area contributed by atoms with Crippen LogP contribution in [-0.4, -0.2) is 10.9 Å². The van der Waals surface area contributed by atoms with Crippen molar-refractivity contribution >= 4 is 43.4 Å². The summed E-state index contributed by atoms with van der Waals surface area (Å²) in [6, 6.07) is 22.2. The number of rotatable bonds is 5. The Morgan fingerprint density at radius 2 is 1.87 bits per heavy atom. The molecule has 0 radical (unpaired) electrons. The summed E-state index contributed by atoms with van der Waals surface area (Å²) in [5, 5.41) is 2.94. The van der Waals surface area contributed by atoms with Gasteiger partial charge < -0.3 is 4.42 Å². The average molecular weight is 427 g/mol. The summed E-state index contributed by atoms with van der Waals surface area (Å²) >= 11 is 1.56. The predicted molar refractivity (Wildman–Crippen MR) is 127 cm³/mol. The first-order valence-corrected chi connectivity index (χ1v) is 11.1. The molecule has 0 saturated carbocycles. The van der Waals surface area contributed by atoms with Gasteiger partial charge in [0, 0.05) is 0 Å². The lowest BCUT2D eigenvalue weighted by molar-refractivity contribution is -0.118. The third-order valence-electron chi connectivity index (χ3n) is 5.46. The van der Waals surface area contributed by atoms with Crippen LogP contribution in [0, 0.1) is 13.8 Å². The highest BCUT2D eigenvalue weighted by molar-refractivity contribution is 7.22. The summed E-state index contributed by atoms with van der Waals surface area (Å²) in [4.78, 5) is 20.1. The molecule has 0 bridgehead atoms. The van der Waals surface area contributed by atoms with Gasteiger partial charge in [0.05, 0.1) is 29.4 Å². The van der Waals surface area contributed by atoms with Crippen LogP contribution in [0.1, 0.15) is 22.5 Å². The van der Waals surface area contributed by atoms with Gasteiger partial charge in [-0.15, -0.1) is 0 Å². The zero-order valence-corrected chi connectivity index (χ0v) is 18.3. The summed E-state index contributed by atoms with van der Waals surface area (Å²) in [6.07, 6.45) is 1.94. The van der Waals surface area contributed by atoms with Crippen LogP contribution in [-0.2, 0) is 17.8 Å². The number of fused-ring (bicyclic) bond motifs is 2. The molecule has 5 rings (SSSR count). The van der Waals surface area contributed by atoms with Gasteiger partial charge in [-0.3, -0.25) is 9.69 Å². The van der Waals surface area contributed by atoms with E-state index in [2.05, 4.69) is 44.2 Å². The molecule has 0 N–H and O–H groups in total. The van der Waals surface area contributed by atoms with Crippen molar-refractivity contribution < 1.29 is 9.21 Å². The zero-order valence-electron chi connectivity index (χ0n) is 17.5. The fourth-order valence-corrected chi connectivity index (χ4v) is 5.04. The number of carbonyl (C=O) groups excluding carboxylic acids is 1. The second-order valence-electron chi connectivity index (χ2n) is 7.80. The largest absolute Gasteiger partial charge is 0.467 e. The Bertz CT molecular complexity index is 1380. The summed E-state index contributed by atoms with van der Waals surface area (Å²) in [5.41, 5.74) is 4.29. The molecule has 2 aromatic heterocycles. The van der Waals surface area contributed by atoms with E-state index in [1.54, 1.807) is 22.5 Å². The van der Waals surface area contributed by atoms with E-state index in [0.717, 1.165) is 32.3 Å². The first kappa shape index (κ1) is 19.5. The summed E-state index contributed by atoms with van der Waals surface area (Å²) in [7, 11) is 0. The molecule has 0 atom stereocenters. The van der Waals surface area contributed by atoms with Crippen molar-refractivity contribution in [1.29, 1.82) is 0 Å². The minimum atomic E-state index is 0.00110. The molecule has 0 fully saturated rings. The Morgan fingerprint density at radius 1 is 1.03 bits per heavy atom. The molecule has 0 unspecified atom stereocenters. The summed E-state index contributed by atoms with van der Waals surface area (Å²) in [6.45, 7) is 4.51. The number of thiazole rings is 1. The highest BCUT2D eigenvalue weighted by Gasteiger charge is 2.22. The van der Waals surface area contributed by atoms with Crippen LogP contribution < -0.4 is 4.90 Å². The van der Waals surface area contributed by atoms with Crippen LogP contribution in [0.4, 0.5) is 5.13 Å². The molecule has 0 aliphatic rings. The number of anilines is 1. The van der Waals surface area contributed by atoms with Gasteiger partial charge in [0.15, 0.2) is 5.13 Å². The number of amides is 1. The second-order valence-corrected chi connectivity index (χ2v) is 8.78. The molecule has 0 saturated heterocycles. The van der Waals surface area contributed by atoms with Crippen molar-refractivity contribution in [2.75, 3.05) is 4.90 Å². The van der Waals surface area contributed by atoms with E-state index in [1.165, 1.54) is 11.1 Å². The van der Waals surface area contributed by atoms with E-state index in [0.29, 0.717) is 18.1 Å². The maximum absolute atomic E-state index is 13.6. The van der Waals surface area contributed by atoms with Crippen LogP contribution in [0.25, 0.3) is 21.0 Å². The quantitative estimate of drug-likeness (QED) is 0.325. The van der Waals surface area contributed by atoms with E-state index in [-0.39, 0.29) is 5.91 Å². The molecule has 0 aliphatic heterocycles. The highest BCUT2D eigenvalue weighted by atomic mass is 32.1. The van der Waals surface area contributed by atoms with Crippen molar-refractivity contribution in [2.24, 2.45) is 0 Å². The highest BCUT2D eigenvalue weighted by Crippen LogP contribution is 2.33. The Morgan fingerprint density at radius 3 is 2.71 bits per heavy atom. The predicted octanol–water partition coefficient (Wildman–Crippen LogP) is 6.44. The van der Waals surface area contributed by atoms with Gasteiger partial charge in [-0.25, -0.2) is 4.98 Å². The first-order chi connectivity index (χ1) is 15.1. The SMILES string of the molecule is Cc1cc(C)c2sc(N(Cc3ccco3)C(=O)Cc3cccc4ccccc34)nc2c1. The molecule has 4 nitrogen and oxygen atoms in total. The number of hydrogen-bond acceptors (Lipinski definition) is 4. The monoisotopic (exact) mass is 426 g/mol. The molecule has 0 spiro atoms. The Hall–Kier alpha value is -3.44. The average Bonchev–Trinajstić information content (AvgIpc) is 3.42. The lowest BCUT2D eigenvalue weighted by Crippen LogP contribution is -2.31. The van der Waals surface area contributed by atoms with Gasteiger partial charge in [0.25, 0.3) is 0 Å². The van der Waals surface area contributed by atoms with Gasteiger partial charge in [-0.2, -0.15) is 0 Å². The number of hydrogen-bond donors (Lipinski definition) is 0. The number of carbonyl (C=O) groups is 1. The van der Waals surface area contributed by atoms with Crippen LogP contribution in [0.15, 0.2) is 77.4 Å². The van der Waals surface area contributed by atoms with Crippen molar-refractivity contribution in [1.82, 2.24) is 4.98 Å². The van der Waals surface area contributed by atoms with Gasteiger partial charge in [-0.05, 0) is 59.5 Å². The molecule has 0 aliphatic carbocycles. The van der Waals surface area contributed by atoms with Crippen LogP contribution in [0.5, 0.6) is 0 Å². The van der Waals surface area contributed by atoms with Crippen molar-refractivity contribution in [3.8, 4) is 0 Å². The molecule has 2 heterocycles. The number of aryl methyl sites for hydroxylation is 2. The summed E-state index contributed by atoms with van der Waals surface area (Å²) in [5.74, 6) is 0.736. The van der Waals surface area contributed by atoms with Crippen LogP contribution in [0.3, 0.4) is 0 Å². The summed E-state index contributed by atoms with van der Waals surface area (Å²) < 4.78 is 6.67. The zero-order chi connectivity index (χ0) is 21.4. The third-order valence-corrected chi connectivity index (χ3v) is 6.69. The maximum atomic E-state index is 13.6. The smallest absolute Gasteiger partial charge is 0.233 e. The molecule has 31 heavy (non-hydrogen) atoms. The number of aromatic nitrogens is 1. The van der Waals surface area contributed by atoms with Crippen LogP contribution >= 0.6 is 11.3 Å². The number of nitrogens with zero attached hydrogens (tertiary/aromatic N) is 2. The standard InChI is InChI=1S/C26H22N2O2S/c1-17-13-18(2)25-23(14-17)27-26(31-25)28(16-21-10-6-12-30-21)24(29)15-20-9-5-8-19-7-3-4-11-22(19)20/h3-14H,15-16H2,1-2H3. The van der Waals surface area contributed by atoms with E-state index in [9.17, 15) is 4.79 Å². The van der Waals surface area contributed by atoms with E-state index in [1.807, 2.05) is 36.4 Å². The van der Waals surface area contributed by atoms with Crippen molar-refractivity contribution in [3.63, 3.8) is 0 Å². The van der Waals surface area contributed by atoms with Crippen molar-refractivity contribution in [2.45, 2.75) is 26.8 Å². The normalized spacial score (nSPS) is 11.3. The topological polar surface area (TPSA) is 46.3 Å². The third kappa shape index (κ3) is 3.84. The van der Waals surface area contributed by atoms with Crippen molar-refractivity contribution in [3.05, 3.63) is 95.4 Å². The molecule has 5 heteroatoms. The Labute approximate surface area is 184 Å². The lowest BCUT2D eigenvalue weighted by Gasteiger charge is -2.19.